The molecule has 0 aromatic heterocycles. The highest BCUT2D eigenvalue weighted by Gasteiger charge is 2.36. The summed E-state index contributed by atoms with van der Waals surface area (Å²) < 4.78 is 0. The van der Waals surface area contributed by atoms with Gasteiger partial charge in [-0.3, -0.25) is 9.59 Å². The molecule has 5 nitrogen and oxygen atoms in total. The van der Waals surface area contributed by atoms with E-state index in [0.717, 1.165) is 37.8 Å². The Morgan fingerprint density at radius 1 is 1.10 bits per heavy atom. The highest BCUT2D eigenvalue weighted by Crippen LogP contribution is 2.34. The molecule has 1 saturated carbocycles. The molecule has 0 spiro atoms. The zero-order valence-electron chi connectivity index (χ0n) is 16.7. The summed E-state index contributed by atoms with van der Waals surface area (Å²) in [6.45, 7) is 1.23. The van der Waals surface area contributed by atoms with E-state index in [-0.39, 0.29) is 23.7 Å². The average Bonchev–Trinajstić information content (AvgIpc) is 3.61. The maximum Gasteiger partial charge on any atom is 0.229 e. The van der Waals surface area contributed by atoms with Crippen molar-refractivity contribution in [2.24, 2.45) is 11.8 Å². The van der Waals surface area contributed by atoms with Crippen LogP contribution < -0.4 is 5.32 Å². The molecule has 1 aliphatic heterocycles. The number of amides is 2. The fraction of sp³-hybridized carbons (Fsp3) is 0.375. The number of nitriles is 1. The number of piperidine rings is 1. The summed E-state index contributed by atoms with van der Waals surface area (Å²) in [5.41, 5.74) is 2.19. The summed E-state index contributed by atoms with van der Waals surface area (Å²) in [4.78, 5) is 27.0. The summed E-state index contributed by atoms with van der Waals surface area (Å²) >= 11 is 6.47. The second kappa shape index (κ2) is 8.89. The third-order valence-electron chi connectivity index (χ3n) is 5.87. The molecule has 2 atom stereocenters. The maximum absolute atomic E-state index is 12.8. The van der Waals surface area contributed by atoms with Crippen LogP contribution in [0.4, 0.5) is 5.69 Å². The summed E-state index contributed by atoms with van der Waals surface area (Å²) in [5, 5.41) is 13.0. The zero-order valence-corrected chi connectivity index (χ0v) is 17.4. The Morgan fingerprint density at radius 2 is 1.87 bits per heavy atom. The van der Waals surface area contributed by atoms with Gasteiger partial charge in [0.2, 0.25) is 11.8 Å². The molecule has 1 N–H and O–H groups in total. The van der Waals surface area contributed by atoms with Crippen LogP contribution in [-0.2, 0) is 9.59 Å². The van der Waals surface area contributed by atoms with Crippen LogP contribution in [0.15, 0.2) is 48.5 Å². The molecule has 1 aliphatic carbocycles. The van der Waals surface area contributed by atoms with Crippen molar-refractivity contribution in [3.63, 3.8) is 0 Å². The first-order valence-electron chi connectivity index (χ1n) is 10.4. The van der Waals surface area contributed by atoms with Crippen molar-refractivity contribution >= 4 is 29.1 Å². The van der Waals surface area contributed by atoms with Crippen molar-refractivity contribution in [3.05, 3.63) is 64.7 Å². The molecule has 2 unspecified atom stereocenters. The lowest BCUT2D eigenvalue weighted by Gasteiger charge is -2.32. The van der Waals surface area contributed by atoms with Crippen molar-refractivity contribution in [3.8, 4) is 6.07 Å². The summed E-state index contributed by atoms with van der Waals surface area (Å²) in [7, 11) is 0. The van der Waals surface area contributed by atoms with Crippen LogP contribution in [0.3, 0.4) is 0 Å². The van der Waals surface area contributed by atoms with E-state index in [4.69, 9.17) is 11.6 Å². The third kappa shape index (κ3) is 4.49. The molecule has 2 fully saturated rings. The van der Waals surface area contributed by atoms with E-state index in [9.17, 15) is 14.9 Å². The Kier molecular flexibility index (Phi) is 6.06. The van der Waals surface area contributed by atoms with Crippen molar-refractivity contribution in [1.82, 2.24) is 4.90 Å². The zero-order chi connectivity index (χ0) is 21.1. The fourth-order valence-corrected chi connectivity index (χ4v) is 4.32. The second-order valence-corrected chi connectivity index (χ2v) is 8.50. The van der Waals surface area contributed by atoms with Crippen molar-refractivity contribution in [1.29, 1.82) is 5.26 Å². The molecule has 2 amide bonds. The van der Waals surface area contributed by atoms with Gasteiger partial charge in [-0.1, -0.05) is 48.0 Å². The maximum atomic E-state index is 12.8. The predicted molar refractivity (Wildman–Crippen MR) is 116 cm³/mol. The smallest absolute Gasteiger partial charge is 0.229 e. The van der Waals surface area contributed by atoms with Crippen LogP contribution >= 0.6 is 11.6 Å². The van der Waals surface area contributed by atoms with E-state index in [1.165, 1.54) is 0 Å². The van der Waals surface area contributed by atoms with Gasteiger partial charge in [0.15, 0.2) is 0 Å². The van der Waals surface area contributed by atoms with Crippen LogP contribution in [0, 0.1) is 23.2 Å². The molecule has 0 bridgehead atoms. The predicted octanol–water partition coefficient (Wildman–Crippen LogP) is 4.58. The van der Waals surface area contributed by atoms with Gasteiger partial charge in [-0.15, -0.1) is 0 Å². The van der Waals surface area contributed by atoms with Gasteiger partial charge in [0.1, 0.15) is 0 Å². The van der Waals surface area contributed by atoms with Gasteiger partial charge in [0.05, 0.1) is 17.9 Å². The van der Waals surface area contributed by atoms with Gasteiger partial charge in [0, 0.05) is 29.7 Å². The highest BCUT2D eigenvalue weighted by molar-refractivity contribution is 6.31. The van der Waals surface area contributed by atoms with Gasteiger partial charge >= 0.3 is 0 Å². The molecule has 2 aromatic rings. The molecule has 2 aliphatic rings. The molecule has 1 heterocycles. The molecule has 1 saturated heterocycles. The number of carbonyl (C=O) groups is 2. The van der Waals surface area contributed by atoms with E-state index < -0.39 is 5.92 Å². The first kappa shape index (κ1) is 20.4. The number of nitrogens with one attached hydrogen (secondary N) is 1. The summed E-state index contributed by atoms with van der Waals surface area (Å²) in [6, 6.07) is 17.1. The summed E-state index contributed by atoms with van der Waals surface area (Å²) in [5.74, 6) is -0.397. The molecular formula is C24H24ClN3O2. The number of hydrogen-bond acceptors (Lipinski definition) is 3. The van der Waals surface area contributed by atoms with E-state index in [2.05, 4.69) is 11.4 Å². The number of anilines is 1. The number of rotatable bonds is 5. The van der Waals surface area contributed by atoms with E-state index in [0.29, 0.717) is 22.8 Å². The molecule has 154 valence electrons. The Balaban J connectivity index is 1.43. The Hall–Kier alpha value is -2.84. The topological polar surface area (TPSA) is 73.2 Å². The minimum absolute atomic E-state index is 0.0907. The van der Waals surface area contributed by atoms with Crippen LogP contribution in [0.2, 0.25) is 5.02 Å². The van der Waals surface area contributed by atoms with Crippen LogP contribution in [0.1, 0.15) is 42.7 Å². The van der Waals surface area contributed by atoms with E-state index in [1.807, 2.05) is 35.2 Å². The van der Waals surface area contributed by atoms with Crippen molar-refractivity contribution in [2.45, 2.75) is 31.6 Å². The largest absolute Gasteiger partial charge is 0.342 e. The Labute approximate surface area is 181 Å². The molecule has 30 heavy (non-hydrogen) atoms. The van der Waals surface area contributed by atoms with Gasteiger partial charge in [-0.25, -0.2) is 0 Å². The quantitative estimate of drug-likeness (QED) is 0.767. The van der Waals surface area contributed by atoms with Crippen LogP contribution in [0.5, 0.6) is 0 Å². The standard InChI is InChI=1S/C24H24ClN3O2/c25-22-13-19(10-11-20(22)21(14-26)16-5-2-1-3-6-16)27-23(29)18-7-4-12-28(15-18)24(30)17-8-9-17/h1-3,5-6,10-11,13,17-18,21H,4,7-9,12,15H2,(H,27,29). The Bertz CT molecular complexity index is 982. The first-order valence-corrected chi connectivity index (χ1v) is 10.8. The fourth-order valence-electron chi connectivity index (χ4n) is 4.03. The van der Waals surface area contributed by atoms with Gasteiger partial charge in [-0.2, -0.15) is 5.26 Å². The minimum atomic E-state index is -0.469. The molecular weight excluding hydrogens is 398 g/mol. The van der Waals surface area contributed by atoms with Gasteiger partial charge in [0.25, 0.3) is 0 Å². The number of hydrogen-bond donors (Lipinski definition) is 1. The van der Waals surface area contributed by atoms with Crippen LogP contribution in [0.25, 0.3) is 0 Å². The average molecular weight is 422 g/mol. The summed E-state index contributed by atoms with van der Waals surface area (Å²) in [6.07, 6.45) is 3.57. The van der Waals surface area contributed by atoms with E-state index in [1.54, 1.807) is 18.2 Å². The number of likely N-dealkylation sites (tertiary alicyclic amines) is 1. The number of benzene rings is 2. The number of nitrogens with zero attached hydrogens (tertiary/aromatic N) is 2. The second-order valence-electron chi connectivity index (χ2n) is 8.10. The van der Waals surface area contributed by atoms with Crippen LogP contribution in [-0.4, -0.2) is 29.8 Å². The molecule has 0 radical (unpaired) electrons. The number of carbonyl (C=O) groups excluding carboxylic acids is 2. The Morgan fingerprint density at radius 3 is 2.53 bits per heavy atom. The van der Waals surface area contributed by atoms with Gasteiger partial charge in [-0.05, 0) is 48.9 Å². The van der Waals surface area contributed by atoms with Crippen molar-refractivity contribution in [2.75, 3.05) is 18.4 Å². The normalized spacial score (nSPS) is 19.6. The molecule has 6 heteroatoms. The minimum Gasteiger partial charge on any atom is -0.342 e. The molecule has 4 rings (SSSR count). The lowest BCUT2D eigenvalue weighted by molar-refractivity contribution is -0.135. The van der Waals surface area contributed by atoms with E-state index >= 15 is 0 Å². The highest BCUT2D eigenvalue weighted by atomic mass is 35.5. The van der Waals surface area contributed by atoms with Gasteiger partial charge < -0.3 is 10.2 Å². The lowest BCUT2D eigenvalue weighted by Crippen LogP contribution is -2.44. The number of halogens is 1. The molecule has 2 aromatic carbocycles. The van der Waals surface area contributed by atoms with Crippen molar-refractivity contribution < 1.29 is 9.59 Å². The lowest BCUT2D eigenvalue weighted by atomic mass is 9.92. The monoisotopic (exact) mass is 421 g/mol. The third-order valence-corrected chi connectivity index (χ3v) is 6.20. The SMILES string of the molecule is N#CC(c1ccccc1)c1ccc(NC(=O)C2CCCN(C(=O)C3CC3)C2)cc1Cl. The first-order chi connectivity index (χ1) is 14.6.